The molecule has 0 unspecified atom stereocenters. The van der Waals surface area contributed by atoms with Crippen molar-refractivity contribution in [2.45, 2.75) is 0 Å². The lowest BCUT2D eigenvalue weighted by atomic mass is 10.3. The summed E-state index contributed by atoms with van der Waals surface area (Å²) in [4.78, 5) is 8.00. The molecule has 0 heterocycles. The number of hydrogen-bond acceptors (Lipinski definition) is 4. The number of rotatable bonds is 2. The molecule has 0 aliphatic rings. The van der Waals surface area contributed by atoms with Gasteiger partial charge in [0.25, 0.3) is 0 Å². The molecule has 0 fully saturated rings. The van der Waals surface area contributed by atoms with Crippen LogP contribution in [0.1, 0.15) is 0 Å². The fraction of sp³-hybridized carbons (Fsp3) is 0. The van der Waals surface area contributed by atoms with Crippen molar-refractivity contribution in [2.24, 2.45) is 0 Å². The van der Waals surface area contributed by atoms with Crippen molar-refractivity contribution in [3.63, 3.8) is 0 Å². The lowest BCUT2D eigenvalue weighted by molar-refractivity contribution is -0.0979. The van der Waals surface area contributed by atoms with Crippen LogP contribution in [-0.2, 0) is 15.2 Å². The van der Waals surface area contributed by atoms with Crippen molar-refractivity contribution in [1.82, 2.24) is 0 Å². The number of hydrogen-bond donors (Lipinski definition) is 1. The van der Waals surface area contributed by atoms with E-state index in [0.717, 1.165) is 0 Å². The van der Waals surface area contributed by atoms with Crippen molar-refractivity contribution in [3.8, 4) is 5.75 Å². The Kier molecular flexibility index (Phi) is 4.71. The second-order valence-corrected chi connectivity index (χ2v) is 2.85. The summed E-state index contributed by atoms with van der Waals surface area (Å²) in [6.07, 6.45) is 0. The minimum absolute atomic E-state index is 0.0926. The summed E-state index contributed by atoms with van der Waals surface area (Å²) in [5.74, 6) is 0.0926. The highest BCUT2D eigenvalue weighted by atomic mass is 32.3. The Labute approximate surface area is 75.9 Å². The van der Waals surface area contributed by atoms with Crippen LogP contribution in [0.4, 0.5) is 0 Å². The molecule has 13 heavy (non-hydrogen) atoms. The van der Waals surface area contributed by atoms with Crippen LogP contribution in [0.3, 0.4) is 0 Å². The SMILES string of the molecule is C=O.O=S(=O)(O)Oc1ccccc1. The van der Waals surface area contributed by atoms with Gasteiger partial charge >= 0.3 is 10.4 Å². The van der Waals surface area contributed by atoms with Crippen molar-refractivity contribution in [2.75, 3.05) is 0 Å². The van der Waals surface area contributed by atoms with Gasteiger partial charge < -0.3 is 8.98 Å². The Morgan fingerprint density at radius 2 is 1.62 bits per heavy atom. The normalized spacial score (nSPS) is 9.62. The third-order valence-corrected chi connectivity index (χ3v) is 1.35. The average molecular weight is 204 g/mol. The molecular formula is C7H8O5S. The topological polar surface area (TPSA) is 80.7 Å². The molecule has 1 rings (SSSR count). The summed E-state index contributed by atoms with van der Waals surface area (Å²) in [7, 11) is -4.38. The maximum Gasteiger partial charge on any atom is 0.446 e. The molecule has 0 aliphatic heterocycles. The lowest BCUT2D eigenvalue weighted by Crippen LogP contribution is -2.06. The largest absolute Gasteiger partial charge is 0.446 e. The first-order chi connectivity index (χ1) is 6.08. The van der Waals surface area contributed by atoms with Gasteiger partial charge in [-0.25, -0.2) is 0 Å². The fourth-order valence-electron chi connectivity index (χ4n) is 0.598. The first kappa shape index (κ1) is 11.6. The van der Waals surface area contributed by atoms with Gasteiger partial charge in [0, 0.05) is 0 Å². The van der Waals surface area contributed by atoms with Gasteiger partial charge in [-0.1, -0.05) is 18.2 Å². The number of carbonyl (C=O) groups is 1. The number of para-hydroxylation sites is 1. The zero-order valence-electron chi connectivity index (χ0n) is 6.58. The first-order valence-corrected chi connectivity index (χ1v) is 4.45. The summed E-state index contributed by atoms with van der Waals surface area (Å²) in [6.45, 7) is 2.00. The molecule has 1 aromatic rings. The maximum atomic E-state index is 10.1. The van der Waals surface area contributed by atoms with Gasteiger partial charge in [-0.3, -0.25) is 4.55 Å². The molecule has 0 aromatic heterocycles. The molecule has 0 amide bonds. The second kappa shape index (κ2) is 5.28. The second-order valence-electron chi connectivity index (χ2n) is 1.82. The molecule has 0 bridgehead atoms. The third kappa shape index (κ3) is 5.83. The van der Waals surface area contributed by atoms with E-state index in [1.54, 1.807) is 18.2 Å². The molecule has 0 atom stereocenters. The Morgan fingerprint density at radius 3 is 2.00 bits per heavy atom. The molecular weight excluding hydrogens is 196 g/mol. The minimum atomic E-state index is -4.38. The summed E-state index contributed by atoms with van der Waals surface area (Å²) in [5.41, 5.74) is 0. The summed E-state index contributed by atoms with van der Waals surface area (Å²) in [6, 6.07) is 7.75. The maximum absolute atomic E-state index is 10.1. The molecule has 0 saturated heterocycles. The molecule has 72 valence electrons. The summed E-state index contributed by atoms with van der Waals surface area (Å²) in [5, 5.41) is 0. The smallest absolute Gasteiger partial charge is 0.362 e. The average Bonchev–Trinajstić information content (AvgIpc) is 2.07. The van der Waals surface area contributed by atoms with E-state index in [1.165, 1.54) is 12.1 Å². The van der Waals surface area contributed by atoms with E-state index in [2.05, 4.69) is 4.18 Å². The van der Waals surface area contributed by atoms with E-state index in [-0.39, 0.29) is 5.75 Å². The van der Waals surface area contributed by atoms with Crippen LogP contribution in [0.2, 0.25) is 0 Å². The van der Waals surface area contributed by atoms with E-state index in [4.69, 9.17) is 9.35 Å². The highest BCUT2D eigenvalue weighted by Gasteiger charge is 2.04. The number of carbonyl (C=O) groups excluding carboxylic acids is 1. The number of benzene rings is 1. The molecule has 1 aromatic carbocycles. The monoisotopic (exact) mass is 204 g/mol. The summed E-state index contributed by atoms with van der Waals surface area (Å²) < 4.78 is 32.6. The third-order valence-electron chi connectivity index (χ3n) is 0.945. The van der Waals surface area contributed by atoms with E-state index in [0.29, 0.717) is 0 Å². The fourth-order valence-corrected chi connectivity index (χ4v) is 0.952. The van der Waals surface area contributed by atoms with E-state index >= 15 is 0 Å². The first-order valence-electron chi connectivity index (χ1n) is 3.09. The predicted octanol–water partition coefficient (Wildman–Crippen LogP) is 0.683. The van der Waals surface area contributed by atoms with Crippen LogP contribution in [-0.4, -0.2) is 19.8 Å². The van der Waals surface area contributed by atoms with Crippen LogP contribution < -0.4 is 4.18 Å². The molecule has 0 radical (unpaired) electrons. The van der Waals surface area contributed by atoms with Crippen LogP contribution in [0.5, 0.6) is 5.75 Å². The van der Waals surface area contributed by atoms with Crippen LogP contribution >= 0.6 is 0 Å². The van der Waals surface area contributed by atoms with E-state index in [1.807, 2.05) is 6.79 Å². The molecule has 1 N–H and O–H groups in total. The molecule has 5 nitrogen and oxygen atoms in total. The Hall–Kier alpha value is -1.40. The van der Waals surface area contributed by atoms with Crippen LogP contribution in [0, 0.1) is 0 Å². The van der Waals surface area contributed by atoms with Gasteiger partial charge in [-0.2, -0.15) is 8.42 Å². The lowest BCUT2D eigenvalue weighted by Gasteiger charge is -1.98. The van der Waals surface area contributed by atoms with Crippen molar-refractivity contribution < 1.29 is 21.9 Å². The van der Waals surface area contributed by atoms with Gasteiger partial charge in [0.05, 0.1) is 0 Å². The predicted molar refractivity (Wildman–Crippen MR) is 45.7 cm³/mol. The molecule has 6 heteroatoms. The standard InChI is InChI=1S/C6H6O4S.CH2O/c7-11(8,9)10-6-4-2-1-3-5-6;1-2/h1-5H,(H,7,8,9);1H2. The Bertz CT molecular complexity index is 331. The van der Waals surface area contributed by atoms with Crippen molar-refractivity contribution in [3.05, 3.63) is 30.3 Å². The van der Waals surface area contributed by atoms with Crippen molar-refractivity contribution in [1.29, 1.82) is 0 Å². The minimum Gasteiger partial charge on any atom is -0.362 e. The molecule has 0 saturated carbocycles. The van der Waals surface area contributed by atoms with E-state index < -0.39 is 10.4 Å². The highest BCUT2D eigenvalue weighted by Crippen LogP contribution is 2.09. The highest BCUT2D eigenvalue weighted by molar-refractivity contribution is 7.81. The quantitative estimate of drug-likeness (QED) is 0.716. The zero-order valence-corrected chi connectivity index (χ0v) is 7.40. The van der Waals surface area contributed by atoms with Gasteiger partial charge in [-0.15, -0.1) is 0 Å². The summed E-state index contributed by atoms with van der Waals surface area (Å²) >= 11 is 0. The van der Waals surface area contributed by atoms with E-state index in [9.17, 15) is 8.42 Å². The van der Waals surface area contributed by atoms with Gasteiger partial charge in [0.2, 0.25) is 0 Å². The van der Waals surface area contributed by atoms with Crippen molar-refractivity contribution >= 4 is 17.2 Å². The molecule has 0 spiro atoms. The molecule has 0 aliphatic carbocycles. The van der Waals surface area contributed by atoms with Crippen LogP contribution in [0.15, 0.2) is 30.3 Å². The van der Waals surface area contributed by atoms with Gasteiger partial charge in [0.1, 0.15) is 12.5 Å². The van der Waals surface area contributed by atoms with Gasteiger partial charge in [0.15, 0.2) is 0 Å². The van der Waals surface area contributed by atoms with Gasteiger partial charge in [-0.05, 0) is 12.1 Å². The Balaban J connectivity index is 0.000000671. The zero-order chi connectivity index (χ0) is 10.3. The van der Waals surface area contributed by atoms with Crippen LogP contribution in [0.25, 0.3) is 0 Å². The Morgan fingerprint density at radius 1 is 1.15 bits per heavy atom.